The smallest absolute Gasteiger partial charge is 0.408 e. The molecule has 0 fully saturated rings. The van der Waals surface area contributed by atoms with Gasteiger partial charge in [0.15, 0.2) is 5.58 Å². The first-order chi connectivity index (χ1) is 10.4. The van der Waals surface area contributed by atoms with Gasteiger partial charge in [-0.3, -0.25) is 4.57 Å². The van der Waals surface area contributed by atoms with Crippen molar-refractivity contribution in [2.24, 2.45) is 7.05 Å². The zero-order valence-corrected chi connectivity index (χ0v) is 13.4. The first kappa shape index (κ1) is 14.9. The molecule has 0 aliphatic carbocycles. The highest BCUT2D eigenvalue weighted by atomic mass is 32.2. The van der Waals surface area contributed by atoms with Crippen molar-refractivity contribution in [1.82, 2.24) is 19.5 Å². The predicted octanol–water partition coefficient (Wildman–Crippen LogP) is 0.770. The summed E-state index contributed by atoms with van der Waals surface area (Å²) in [7, 11) is -2.17. The fraction of sp³-hybridized carbons (Fsp3) is 0.250. The monoisotopic (exact) mass is 340 g/mol. The van der Waals surface area contributed by atoms with E-state index in [0.29, 0.717) is 10.5 Å². The molecule has 8 nitrogen and oxygen atoms in total. The van der Waals surface area contributed by atoms with Gasteiger partial charge in [-0.1, -0.05) is 0 Å². The van der Waals surface area contributed by atoms with Gasteiger partial charge < -0.3 is 4.42 Å². The van der Waals surface area contributed by atoms with E-state index in [4.69, 9.17) is 4.42 Å². The van der Waals surface area contributed by atoms with Gasteiger partial charge in [0.05, 0.1) is 17.0 Å². The highest BCUT2D eigenvalue weighted by molar-refractivity contribution is 7.89. The summed E-state index contributed by atoms with van der Waals surface area (Å²) in [6.45, 7) is 1.85. The number of nitrogens with zero attached hydrogens (tertiary/aromatic N) is 3. The number of fused-ring (bicyclic) bond motifs is 1. The molecule has 2 heterocycles. The number of aromatic nitrogens is 3. The minimum absolute atomic E-state index is 0.0237. The number of hydrogen-bond acceptors (Lipinski definition) is 7. The van der Waals surface area contributed by atoms with E-state index < -0.39 is 15.8 Å². The van der Waals surface area contributed by atoms with E-state index in [1.807, 2.05) is 0 Å². The van der Waals surface area contributed by atoms with Crippen LogP contribution in [0.4, 0.5) is 0 Å². The van der Waals surface area contributed by atoms with Gasteiger partial charge in [-0.25, -0.2) is 17.9 Å². The van der Waals surface area contributed by atoms with Crippen LogP contribution in [-0.4, -0.2) is 23.2 Å². The van der Waals surface area contributed by atoms with Gasteiger partial charge in [0.2, 0.25) is 10.0 Å². The third kappa shape index (κ3) is 2.67. The van der Waals surface area contributed by atoms with Crippen LogP contribution in [-0.2, 0) is 23.6 Å². The maximum Gasteiger partial charge on any atom is 0.419 e. The second kappa shape index (κ2) is 5.30. The minimum atomic E-state index is -3.73. The molecule has 3 aromatic rings. The average Bonchev–Trinajstić information content (AvgIpc) is 3.01. The largest absolute Gasteiger partial charge is 0.419 e. The van der Waals surface area contributed by atoms with Crippen LogP contribution in [0.2, 0.25) is 0 Å². The summed E-state index contributed by atoms with van der Waals surface area (Å²) in [4.78, 5) is 11.5. The molecule has 1 aromatic carbocycles. The molecular weight excluding hydrogens is 328 g/mol. The van der Waals surface area contributed by atoms with E-state index in [-0.39, 0.29) is 17.0 Å². The van der Waals surface area contributed by atoms with Crippen molar-refractivity contribution in [2.75, 3.05) is 0 Å². The number of nitrogens with one attached hydrogen (secondary N) is 1. The van der Waals surface area contributed by atoms with Crippen LogP contribution in [0, 0.1) is 6.92 Å². The number of benzene rings is 1. The molecule has 22 heavy (non-hydrogen) atoms. The molecule has 0 unspecified atom stereocenters. The second-order valence-electron chi connectivity index (χ2n) is 4.60. The number of hydrogen-bond donors (Lipinski definition) is 1. The van der Waals surface area contributed by atoms with Crippen molar-refractivity contribution in [2.45, 2.75) is 18.4 Å². The Hall–Kier alpha value is -2.04. The molecule has 3 rings (SSSR count). The van der Waals surface area contributed by atoms with Crippen molar-refractivity contribution in [3.8, 4) is 0 Å². The topological polar surface area (TPSA) is 107 Å². The average molecular weight is 340 g/mol. The van der Waals surface area contributed by atoms with Gasteiger partial charge in [0.25, 0.3) is 0 Å². The molecule has 116 valence electrons. The van der Waals surface area contributed by atoms with E-state index >= 15 is 0 Å². The molecule has 0 atom stereocenters. The van der Waals surface area contributed by atoms with E-state index in [0.717, 1.165) is 5.01 Å². The molecule has 0 radical (unpaired) electrons. The summed E-state index contributed by atoms with van der Waals surface area (Å²) in [5, 5.41) is 9.02. The Kier molecular flexibility index (Phi) is 3.59. The molecule has 0 aliphatic heterocycles. The summed E-state index contributed by atoms with van der Waals surface area (Å²) in [5.41, 5.74) is 0.755. The Bertz CT molecular complexity index is 1000. The quantitative estimate of drug-likeness (QED) is 0.752. The molecule has 0 aliphatic rings. The predicted molar refractivity (Wildman–Crippen MR) is 80.1 cm³/mol. The number of oxazole rings is 1. The van der Waals surface area contributed by atoms with E-state index in [1.165, 1.54) is 34.1 Å². The van der Waals surface area contributed by atoms with E-state index in [9.17, 15) is 13.2 Å². The van der Waals surface area contributed by atoms with Gasteiger partial charge in [-0.05, 0) is 19.1 Å². The lowest BCUT2D eigenvalue weighted by atomic mass is 10.3. The molecule has 0 amide bonds. The van der Waals surface area contributed by atoms with Crippen molar-refractivity contribution < 1.29 is 12.8 Å². The first-order valence-corrected chi connectivity index (χ1v) is 8.55. The van der Waals surface area contributed by atoms with Crippen molar-refractivity contribution in [3.05, 3.63) is 38.8 Å². The lowest BCUT2D eigenvalue weighted by Gasteiger charge is -2.04. The zero-order valence-electron chi connectivity index (χ0n) is 11.7. The lowest BCUT2D eigenvalue weighted by Crippen LogP contribution is -2.23. The Morgan fingerprint density at radius 1 is 1.36 bits per heavy atom. The minimum Gasteiger partial charge on any atom is -0.408 e. The summed E-state index contributed by atoms with van der Waals surface area (Å²) in [5.74, 6) is -0.540. The Labute approximate surface area is 129 Å². The van der Waals surface area contributed by atoms with E-state index in [1.54, 1.807) is 14.0 Å². The zero-order chi connectivity index (χ0) is 15.9. The molecular formula is C12H12N4O4S2. The molecule has 1 N–H and O–H groups in total. The van der Waals surface area contributed by atoms with Crippen LogP contribution in [0.15, 0.2) is 32.3 Å². The van der Waals surface area contributed by atoms with Gasteiger partial charge >= 0.3 is 5.76 Å². The molecule has 0 bridgehead atoms. The first-order valence-electron chi connectivity index (χ1n) is 6.25. The summed E-state index contributed by atoms with van der Waals surface area (Å²) in [6, 6.07) is 4.28. The normalized spacial score (nSPS) is 12.1. The molecule has 0 saturated carbocycles. The fourth-order valence-electron chi connectivity index (χ4n) is 1.93. The summed E-state index contributed by atoms with van der Waals surface area (Å²) in [6.07, 6.45) is 0. The van der Waals surface area contributed by atoms with Crippen LogP contribution in [0.25, 0.3) is 11.1 Å². The highest BCUT2D eigenvalue weighted by Crippen LogP contribution is 2.18. The molecule has 0 spiro atoms. The van der Waals surface area contributed by atoms with Crippen LogP contribution < -0.4 is 10.5 Å². The van der Waals surface area contributed by atoms with Crippen LogP contribution in [0.3, 0.4) is 0 Å². The Morgan fingerprint density at radius 3 is 2.82 bits per heavy atom. The number of sulfonamides is 1. The molecule has 10 heteroatoms. The van der Waals surface area contributed by atoms with Crippen molar-refractivity contribution in [3.63, 3.8) is 0 Å². The van der Waals surface area contributed by atoms with Gasteiger partial charge in [-0.15, -0.1) is 21.5 Å². The van der Waals surface area contributed by atoms with Gasteiger partial charge in [-0.2, -0.15) is 0 Å². The van der Waals surface area contributed by atoms with Crippen LogP contribution in [0.1, 0.15) is 10.0 Å². The maximum absolute atomic E-state index is 12.3. The standard InChI is InChI=1S/C12H12N4O4S2/c1-7-14-15-11(21-7)6-13-22(18,19)8-3-4-9-10(5-8)20-12(17)16(9)2/h3-5,13H,6H2,1-2H3. The molecule has 0 saturated heterocycles. The summed E-state index contributed by atoms with van der Waals surface area (Å²) >= 11 is 1.32. The third-order valence-electron chi connectivity index (χ3n) is 3.06. The van der Waals surface area contributed by atoms with Crippen LogP contribution >= 0.6 is 11.3 Å². The SMILES string of the molecule is Cc1nnc(CNS(=O)(=O)c2ccc3c(c2)oc(=O)n3C)s1. The van der Waals surface area contributed by atoms with Gasteiger partial charge in [0.1, 0.15) is 10.0 Å². The maximum atomic E-state index is 12.3. The molecule has 2 aromatic heterocycles. The lowest BCUT2D eigenvalue weighted by molar-refractivity contribution is 0.527. The number of rotatable bonds is 4. The van der Waals surface area contributed by atoms with Gasteiger partial charge in [0, 0.05) is 13.1 Å². The number of aryl methyl sites for hydroxylation is 2. The Balaban J connectivity index is 1.89. The fourth-order valence-corrected chi connectivity index (χ4v) is 3.67. The van der Waals surface area contributed by atoms with Crippen molar-refractivity contribution in [1.29, 1.82) is 0 Å². The second-order valence-corrected chi connectivity index (χ2v) is 7.63. The third-order valence-corrected chi connectivity index (χ3v) is 5.29. The van der Waals surface area contributed by atoms with Crippen LogP contribution in [0.5, 0.6) is 0 Å². The van der Waals surface area contributed by atoms with E-state index in [2.05, 4.69) is 14.9 Å². The highest BCUT2D eigenvalue weighted by Gasteiger charge is 2.17. The summed E-state index contributed by atoms with van der Waals surface area (Å²) < 4.78 is 33.3. The Morgan fingerprint density at radius 2 is 2.14 bits per heavy atom. The van der Waals surface area contributed by atoms with Crippen molar-refractivity contribution >= 4 is 32.5 Å².